The number of halogens is 1. The van der Waals surface area contributed by atoms with Crippen LogP contribution in [0.2, 0.25) is 0 Å². The molecule has 3 heterocycles. The number of carboxylic acid groups (broad SMARTS) is 1. The van der Waals surface area contributed by atoms with Gasteiger partial charge < -0.3 is 14.4 Å². The Balaban J connectivity index is 1.77. The lowest BCUT2D eigenvalue weighted by atomic mass is 10.1. The summed E-state index contributed by atoms with van der Waals surface area (Å²) in [6.45, 7) is 1.42. The highest BCUT2D eigenvalue weighted by molar-refractivity contribution is 7.13. The van der Waals surface area contributed by atoms with Gasteiger partial charge in [-0.2, -0.15) is 0 Å². The number of hydrogen-bond acceptors (Lipinski definition) is 5. The standard InChI is InChI=1S/C14H13FN2O4S/c1-8-2-3-10(21-8)11-16-9(6-22-11)12(18)17-5-4-14(15,7-17)13(19)20/h2-3,6H,4-5,7H2,1H3,(H,19,20). The predicted molar refractivity (Wildman–Crippen MR) is 76.5 cm³/mol. The summed E-state index contributed by atoms with van der Waals surface area (Å²) in [4.78, 5) is 28.5. The van der Waals surface area contributed by atoms with Crippen molar-refractivity contribution >= 4 is 23.2 Å². The molecule has 1 saturated heterocycles. The molecular formula is C14H13FN2O4S. The summed E-state index contributed by atoms with van der Waals surface area (Å²) in [6, 6.07) is 3.55. The van der Waals surface area contributed by atoms with E-state index in [9.17, 15) is 14.0 Å². The van der Waals surface area contributed by atoms with Crippen molar-refractivity contribution in [1.82, 2.24) is 9.88 Å². The molecule has 116 valence electrons. The van der Waals surface area contributed by atoms with Crippen LogP contribution in [0, 0.1) is 6.92 Å². The number of nitrogens with zero attached hydrogens (tertiary/aromatic N) is 2. The summed E-state index contributed by atoms with van der Waals surface area (Å²) >= 11 is 1.25. The van der Waals surface area contributed by atoms with Gasteiger partial charge in [-0.1, -0.05) is 0 Å². The molecule has 0 aromatic carbocycles. The van der Waals surface area contributed by atoms with Crippen molar-refractivity contribution in [3.8, 4) is 10.8 Å². The molecule has 0 bridgehead atoms. The highest BCUT2D eigenvalue weighted by atomic mass is 32.1. The third kappa shape index (κ3) is 2.50. The van der Waals surface area contributed by atoms with Gasteiger partial charge in [0.25, 0.3) is 5.91 Å². The van der Waals surface area contributed by atoms with Gasteiger partial charge in [-0.05, 0) is 19.1 Å². The van der Waals surface area contributed by atoms with E-state index in [2.05, 4.69) is 4.98 Å². The number of aryl methyl sites for hydroxylation is 1. The molecule has 1 fully saturated rings. The fraction of sp³-hybridized carbons (Fsp3) is 0.357. The zero-order valence-electron chi connectivity index (χ0n) is 11.7. The van der Waals surface area contributed by atoms with Crippen molar-refractivity contribution < 1.29 is 23.5 Å². The quantitative estimate of drug-likeness (QED) is 0.937. The molecule has 2 aromatic rings. The number of carbonyl (C=O) groups excluding carboxylic acids is 1. The number of aromatic nitrogens is 1. The average molecular weight is 324 g/mol. The molecule has 1 aliphatic rings. The van der Waals surface area contributed by atoms with Crippen LogP contribution in [0.4, 0.5) is 4.39 Å². The fourth-order valence-corrected chi connectivity index (χ4v) is 3.07. The smallest absolute Gasteiger partial charge is 0.343 e. The second-order valence-corrected chi connectivity index (χ2v) is 6.05. The van der Waals surface area contributed by atoms with Crippen molar-refractivity contribution in [3.05, 3.63) is 29.0 Å². The van der Waals surface area contributed by atoms with Crippen molar-refractivity contribution in [2.75, 3.05) is 13.1 Å². The minimum absolute atomic E-state index is 0.0638. The third-order valence-electron chi connectivity index (χ3n) is 3.56. The average Bonchev–Trinajstić information content (AvgIpc) is 3.17. The van der Waals surface area contributed by atoms with Crippen LogP contribution in [-0.4, -0.2) is 45.6 Å². The van der Waals surface area contributed by atoms with Crippen LogP contribution in [0.1, 0.15) is 22.7 Å². The van der Waals surface area contributed by atoms with Gasteiger partial charge >= 0.3 is 5.97 Å². The van der Waals surface area contributed by atoms with E-state index in [1.54, 1.807) is 24.4 Å². The molecule has 1 aliphatic heterocycles. The summed E-state index contributed by atoms with van der Waals surface area (Å²) < 4.78 is 19.4. The van der Waals surface area contributed by atoms with Crippen molar-refractivity contribution in [3.63, 3.8) is 0 Å². The second-order valence-electron chi connectivity index (χ2n) is 5.20. The molecular weight excluding hydrogens is 311 g/mol. The maximum Gasteiger partial charge on any atom is 0.343 e. The number of alkyl halides is 1. The molecule has 22 heavy (non-hydrogen) atoms. The highest BCUT2D eigenvalue weighted by Crippen LogP contribution is 2.29. The molecule has 0 saturated carbocycles. The Morgan fingerprint density at radius 3 is 2.86 bits per heavy atom. The maximum atomic E-state index is 14.0. The van der Waals surface area contributed by atoms with E-state index in [1.807, 2.05) is 0 Å². The van der Waals surface area contributed by atoms with Crippen LogP contribution < -0.4 is 0 Å². The Morgan fingerprint density at radius 1 is 1.50 bits per heavy atom. The van der Waals surface area contributed by atoms with Crippen molar-refractivity contribution in [2.24, 2.45) is 0 Å². The van der Waals surface area contributed by atoms with E-state index in [0.717, 1.165) is 5.76 Å². The number of carboxylic acids is 1. The number of carbonyl (C=O) groups is 2. The SMILES string of the molecule is Cc1ccc(-c2nc(C(=O)N3CCC(F)(C(=O)O)C3)cs2)o1. The van der Waals surface area contributed by atoms with Crippen molar-refractivity contribution in [1.29, 1.82) is 0 Å². The maximum absolute atomic E-state index is 14.0. The van der Waals surface area contributed by atoms with Crippen LogP contribution in [0.5, 0.6) is 0 Å². The molecule has 6 nitrogen and oxygen atoms in total. The number of likely N-dealkylation sites (tertiary alicyclic amines) is 1. The Kier molecular flexibility index (Phi) is 3.48. The minimum atomic E-state index is -2.37. The summed E-state index contributed by atoms with van der Waals surface area (Å²) in [7, 11) is 0. The minimum Gasteiger partial charge on any atom is -0.479 e. The number of rotatable bonds is 3. The molecule has 1 N–H and O–H groups in total. The number of amides is 1. The zero-order valence-corrected chi connectivity index (χ0v) is 12.5. The molecule has 8 heteroatoms. The highest BCUT2D eigenvalue weighted by Gasteiger charge is 2.47. The van der Waals surface area contributed by atoms with Crippen LogP contribution in [0.3, 0.4) is 0 Å². The normalized spacial score (nSPS) is 21.3. The largest absolute Gasteiger partial charge is 0.479 e. The topological polar surface area (TPSA) is 83.6 Å². The Bertz CT molecular complexity index is 741. The number of thiazole rings is 1. The molecule has 1 atom stereocenters. The van der Waals surface area contributed by atoms with Gasteiger partial charge in [0.1, 0.15) is 11.5 Å². The molecule has 1 amide bonds. The first-order valence-corrected chi connectivity index (χ1v) is 7.51. The molecule has 3 rings (SSSR count). The van der Waals surface area contributed by atoms with E-state index >= 15 is 0 Å². The van der Waals surface area contributed by atoms with Gasteiger partial charge in [-0.25, -0.2) is 14.2 Å². The van der Waals surface area contributed by atoms with Gasteiger partial charge in [0.15, 0.2) is 10.8 Å². The summed E-state index contributed by atoms with van der Waals surface area (Å²) in [5.74, 6) is -0.700. The molecule has 2 aromatic heterocycles. The lowest BCUT2D eigenvalue weighted by molar-refractivity contribution is -0.149. The van der Waals surface area contributed by atoms with Gasteiger partial charge in [-0.3, -0.25) is 4.79 Å². The Hall–Kier alpha value is -2.22. The molecule has 0 aliphatic carbocycles. The summed E-state index contributed by atoms with van der Waals surface area (Å²) in [5, 5.41) is 11.0. The van der Waals surface area contributed by atoms with Crippen molar-refractivity contribution in [2.45, 2.75) is 19.0 Å². The monoisotopic (exact) mass is 324 g/mol. The number of aliphatic carboxylic acids is 1. The number of hydrogen-bond donors (Lipinski definition) is 1. The van der Waals surface area contributed by atoms with Crippen LogP contribution in [0.25, 0.3) is 10.8 Å². The van der Waals surface area contributed by atoms with Gasteiger partial charge in [0, 0.05) is 18.3 Å². The van der Waals surface area contributed by atoms with E-state index in [-0.39, 0.29) is 18.7 Å². The van der Waals surface area contributed by atoms with E-state index in [0.29, 0.717) is 10.8 Å². The first-order chi connectivity index (χ1) is 10.4. The van der Waals surface area contributed by atoms with E-state index < -0.39 is 24.1 Å². The van der Waals surface area contributed by atoms with E-state index in [1.165, 1.54) is 16.2 Å². The van der Waals surface area contributed by atoms with Crippen LogP contribution in [-0.2, 0) is 4.79 Å². The van der Waals surface area contributed by atoms with Gasteiger partial charge in [0.05, 0.1) is 6.54 Å². The Morgan fingerprint density at radius 2 is 2.27 bits per heavy atom. The number of furan rings is 1. The zero-order chi connectivity index (χ0) is 15.9. The lowest BCUT2D eigenvalue weighted by Crippen LogP contribution is -2.39. The Labute approximate surface area is 129 Å². The third-order valence-corrected chi connectivity index (χ3v) is 4.42. The fourth-order valence-electron chi connectivity index (χ4n) is 2.32. The van der Waals surface area contributed by atoms with Crippen LogP contribution >= 0.6 is 11.3 Å². The lowest BCUT2D eigenvalue weighted by Gasteiger charge is -2.16. The predicted octanol–water partition coefficient (Wildman–Crippen LogP) is 2.35. The van der Waals surface area contributed by atoms with Crippen LogP contribution in [0.15, 0.2) is 21.9 Å². The second kappa shape index (κ2) is 5.20. The van der Waals surface area contributed by atoms with Gasteiger partial charge in [0.2, 0.25) is 5.67 Å². The van der Waals surface area contributed by atoms with E-state index in [4.69, 9.17) is 9.52 Å². The first-order valence-electron chi connectivity index (χ1n) is 6.63. The molecule has 1 unspecified atom stereocenters. The molecule has 0 radical (unpaired) electrons. The molecule has 0 spiro atoms. The first kappa shape index (κ1) is 14.7. The summed E-state index contributed by atoms with van der Waals surface area (Å²) in [5.41, 5.74) is -2.20. The summed E-state index contributed by atoms with van der Waals surface area (Å²) in [6.07, 6.45) is -0.206. The van der Waals surface area contributed by atoms with Gasteiger partial charge in [-0.15, -0.1) is 11.3 Å².